The first kappa shape index (κ1) is 21.1. The third-order valence-electron chi connectivity index (χ3n) is 3.87. The molecule has 0 aliphatic carbocycles. The summed E-state index contributed by atoms with van der Waals surface area (Å²) in [5, 5.41) is 0.631. The van der Waals surface area contributed by atoms with Gasteiger partial charge in [-0.05, 0) is 42.8 Å². The van der Waals surface area contributed by atoms with Gasteiger partial charge in [0.15, 0.2) is 4.34 Å². The summed E-state index contributed by atoms with van der Waals surface area (Å²) in [6, 6.07) is 9.91. The smallest absolute Gasteiger partial charge is 0.338 e. The highest BCUT2D eigenvalue weighted by molar-refractivity contribution is 8.01. The lowest BCUT2D eigenvalue weighted by Crippen LogP contribution is -2.26. The number of benzene rings is 2. The van der Waals surface area contributed by atoms with Crippen LogP contribution in [-0.2, 0) is 14.8 Å². The van der Waals surface area contributed by atoms with E-state index < -0.39 is 16.0 Å². The van der Waals surface area contributed by atoms with E-state index in [0.717, 1.165) is 14.6 Å². The Hall–Kier alpha value is -1.65. The molecule has 1 aromatic heterocycles. The molecule has 2 aromatic carbocycles. The topological polar surface area (TPSA) is 85.4 Å². The average Bonchev–Trinajstić information content (AvgIpc) is 3.06. The Morgan fingerprint density at radius 1 is 1.29 bits per heavy atom. The standard InChI is InChI=1S/C18H17ClN2O4S3/c1-11-3-5-13(10-14(11)17(22)25-2)28(23,24)20-7-8-26-18-21-15-9-12(19)4-6-16(15)27-18/h3-6,9-10,20H,7-8H2,1-2H3. The summed E-state index contributed by atoms with van der Waals surface area (Å²) in [4.78, 5) is 16.3. The monoisotopic (exact) mass is 456 g/mol. The molecule has 3 rings (SSSR count). The minimum atomic E-state index is -3.73. The van der Waals surface area contributed by atoms with Crippen LogP contribution in [0, 0.1) is 6.92 Å². The summed E-state index contributed by atoms with van der Waals surface area (Å²) >= 11 is 8.96. The average molecular weight is 457 g/mol. The molecule has 1 heterocycles. The van der Waals surface area contributed by atoms with Crippen molar-refractivity contribution in [1.82, 2.24) is 9.71 Å². The van der Waals surface area contributed by atoms with Crippen molar-refractivity contribution in [2.45, 2.75) is 16.2 Å². The van der Waals surface area contributed by atoms with Crippen LogP contribution in [0.3, 0.4) is 0 Å². The molecule has 148 valence electrons. The second-order valence-corrected chi connectivity index (χ2v) is 10.4. The highest BCUT2D eigenvalue weighted by atomic mass is 35.5. The van der Waals surface area contributed by atoms with E-state index in [4.69, 9.17) is 16.3 Å². The first-order valence-corrected chi connectivity index (χ1v) is 11.8. The van der Waals surface area contributed by atoms with Crippen LogP contribution in [0.2, 0.25) is 5.02 Å². The van der Waals surface area contributed by atoms with Gasteiger partial charge in [-0.25, -0.2) is 22.9 Å². The Kier molecular flexibility index (Phi) is 6.61. The number of ether oxygens (including phenoxy) is 1. The van der Waals surface area contributed by atoms with E-state index in [9.17, 15) is 13.2 Å². The predicted molar refractivity (Wildman–Crippen MR) is 113 cm³/mol. The van der Waals surface area contributed by atoms with Crippen molar-refractivity contribution in [2.24, 2.45) is 0 Å². The zero-order chi connectivity index (χ0) is 20.3. The van der Waals surface area contributed by atoms with Crippen molar-refractivity contribution in [3.63, 3.8) is 0 Å². The number of esters is 1. The van der Waals surface area contributed by atoms with E-state index in [1.807, 2.05) is 12.1 Å². The number of nitrogens with zero attached hydrogens (tertiary/aromatic N) is 1. The van der Waals surface area contributed by atoms with Gasteiger partial charge in [-0.1, -0.05) is 29.4 Å². The quantitative estimate of drug-likeness (QED) is 0.327. The molecular weight excluding hydrogens is 440 g/mol. The zero-order valence-corrected chi connectivity index (χ0v) is 18.3. The number of nitrogens with one attached hydrogen (secondary N) is 1. The largest absolute Gasteiger partial charge is 0.465 e. The molecule has 28 heavy (non-hydrogen) atoms. The molecule has 0 saturated heterocycles. The molecule has 3 aromatic rings. The van der Waals surface area contributed by atoms with Gasteiger partial charge in [-0.3, -0.25) is 0 Å². The Bertz CT molecular complexity index is 1130. The molecule has 0 bridgehead atoms. The van der Waals surface area contributed by atoms with Gasteiger partial charge in [-0.15, -0.1) is 11.3 Å². The third kappa shape index (κ3) is 4.84. The Morgan fingerprint density at radius 3 is 2.82 bits per heavy atom. The number of thiazole rings is 1. The number of aryl methyl sites for hydroxylation is 1. The van der Waals surface area contributed by atoms with E-state index in [2.05, 4.69) is 9.71 Å². The molecule has 0 fully saturated rings. The van der Waals surface area contributed by atoms with Gasteiger partial charge in [0.05, 0.1) is 27.8 Å². The summed E-state index contributed by atoms with van der Waals surface area (Å²) in [5.74, 6) is -0.0521. The number of aromatic nitrogens is 1. The van der Waals surface area contributed by atoms with E-state index >= 15 is 0 Å². The lowest BCUT2D eigenvalue weighted by Gasteiger charge is -2.09. The molecule has 1 N–H and O–H groups in total. The maximum atomic E-state index is 12.5. The second kappa shape index (κ2) is 8.79. The number of hydrogen-bond donors (Lipinski definition) is 1. The lowest BCUT2D eigenvalue weighted by atomic mass is 10.1. The number of methoxy groups -OCH3 is 1. The van der Waals surface area contributed by atoms with E-state index in [-0.39, 0.29) is 17.0 Å². The van der Waals surface area contributed by atoms with Crippen molar-refractivity contribution in [1.29, 1.82) is 0 Å². The normalized spacial score (nSPS) is 11.7. The Morgan fingerprint density at radius 2 is 2.07 bits per heavy atom. The Balaban J connectivity index is 1.62. The van der Waals surface area contributed by atoms with Crippen molar-refractivity contribution in [3.05, 3.63) is 52.5 Å². The van der Waals surface area contributed by atoms with Gasteiger partial charge in [0.25, 0.3) is 0 Å². The Labute approximate surface area is 176 Å². The molecule has 0 aliphatic rings. The number of halogens is 1. The van der Waals surface area contributed by atoms with Gasteiger partial charge in [0.2, 0.25) is 10.0 Å². The molecule has 0 unspecified atom stereocenters. The van der Waals surface area contributed by atoms with Crippen molar-refractivity contribution in [2.75, 3.05) is 19.4 Å². The first-order valence-electron chi connectivity index (χ1n) is 8.17. The number of hydrogen-bond acceptors (Lipinski definition) is 7. The number of carbonyl (C=O) groups excluding carboxylic acids is 1. The molecule has 10 heteroatoms. The predicted octanol–water partition coefficient (Wildman–Crippen LogP) is 4.12. The van der Waals surface area contributed by atoms with Crippen LogP contribution in [0.1, 0.15) is 15.9 Å². The fourth-order valence-electron chi connectivity index (χ4n) is 2.44. The third-order valence-corrected chi connectivity index (χ3v) is 7.75. The van der Waals surface area contributed by atoms with Crippen molar-refractivity contribution in [3.8, 4) is 0 Å². The molecule has 6 nitrogen and oxygen atoms in total. The van der Waals surface area contributed by atoms with Crippen molar-refractivity contribution < 1.29 is 17.9 Å². The first-order chi connectivity index (χ1) is 13.3. The maximum absolute atomic E-state index is 12.5. The summed E-state index contributed by atoms with van der Waals surface area (Å²) in [7, 11) is -2.47. The number of thioether (sulfide) groups is 1. The number of fused-ring (bicyclic) bond motifs is 1. The maximum Gasteiger partial charge on any atom is 0.338 e. The highest BCUT2D eigenvalue weighted by Gasteiger charge is 2.18. The summed E-state index contributed by atoms with van der Waals surface area (Å²) in [6.45, 7) is 1.95. The summed E-state index contributed by atoms with van der Waals surface area (Å²) in [5.41, 5.74) is 1.71. The van der Waals surface area contributed by atoms with Crippen LogP contribution in [0.25, 0.3) is 10.2 Å². The molecule has 0 aliphatic heterocycles. The van der Waals surface area contributed by atoms with Crippen LogP contribution in [0.4, 0.5) is 0 Å². The zero-order valence-electron chi connectivity index (χ0n) is 15.1. The summed E-state index contributed by atoms with van der Waals surface area (Å²) in [6.07, 6.45) is 0. The minimum absolute atomic E-state index is 0.0260. The van der Waals surface area contributed by atoms with E-state index in [0.29, 0.717) is 16.3 Å². The molecule has 0 amide bonds. The van der Waals surface area contributed by atoms with Crippen LogP contribution >= 0.6 is 34.7 Å². The van der Waals surface area contributed by atoms with Crippen molar-refractivity contribution >= 4 is 60.9 Å². The number of rotatable bonds is 7. The van der Waals surface area contributed by atoms with Gasteiger partial charge >= 0.3 is 5.97 Å². The molecular formula is C18H17ClN2O4S3. The fraction of sp³-hybridized carbons (Fsp3) is 0.222. The molecule has 0 radical (unpaired) electrons. The summed E-state index contributed by atoms with van der Waals surface area (Å²) < 4.78 is 34.1. The minimum Gasteiger partial charge on any atom is -0.465 e. The molecule has 0 atom stereocenters. The second-order valence-electron chi connectivity index (χ2n) is 5.81. The van der Waals surface area contributed by atoms with Gasteiger partial charge in [-0.2, -0.15) is 0 Å². The van der Waals surface area contributed by atoms with Crippen LogP contribution in [-0.4, -0.2) is 38.8 Å². The lowest BCUT2D eigenvalue weighted by molar-refractivity contribution is 0.0599. The number of sulfonamides is 1. The highest BCUT2D eigenvalue weighted by Crippen LogP contribution is 2.30. The van der Waals surface area contributed by atoms with Gasteiger partial charge < -0.3 is 4.74 Å². The fourth-order valence-corrected chi connectivity index (χ4v) is 5.76. The number of carbonyl (C=O) groups is 1. The SMILES string of the molecule is COC(=O)c1cc(S(=O)(=O)NCCSc2nc3cc(Cl)ccc3s2)ccc1C. The molecule has 0 saturated carbocycles. The van der Waals surface area contributed by atoms with Gasteiger partial charge in [0, 0.05) is 17.3 Å². The van der Waals surface area contributed by atoms with E-state index in [1.54, 1.807) is 19.1 Å². The van der Waals surface area contributed by atoms with Crippen LogP contribution in [0.15, 0.2) is 45.6 Å². The van der Waals surface area contributed by atoms with E-state index in [1.165, 1.54) is 42.3 Å². The molecule has 0 spiro atoms. The van der Waals surface area contributed by atoms with Gasteiger partial charge in [0.1, 0.15) is 0 Å². The van der Waals surface area contributed by atoms with Crippen LogP contribution in [0.5, 0.6) is 0 Å². The van der Waals surface area contributed by atoms with Crippen LogP contribution < -0.4 is 4.72 Å².